The molecule has 6 heteroatoms. The lowest BCUT2D eigenvalue weighted by Gasteiger charge is -2.46. The molecule has 2 heterocycles. The lowest BCUT2D eigenvalue weighted by molar-refractivity contribution is -0.0384. The molecular formula is C26H27NO4S. The largest absolute Gasteiger partial charge is 0.497 e. The fourth-order valence-corrected chi connectivity index (χ4v) is 6.53. The van der Waals surface area contributed by atoms with Gasteiger partial charge in [-0.2, -0.15) is 0 Å². The second-order valence-electron chi connectivity index (χ2n) is 8.53. The molecule has 3 aromatic carbocycles. The molecule has 1 fully saturated rings. The highest BCUT2D eigenvalue weighted by molar-refractivity contribution is 7.92. The average Bonchev–Trinajstić information content (AvgIpc) is 2.83. The Kier molecular flexibility index (Phi) is 5.43. The second kappa shape index (κ2) is 8.26. The SMILES string of the molecule is COc1ccc(C2OCCC3c4ccccc4N(S(=O)(=O)c4ccc(C)cc4)CC32)cc1. The summed E-state index contributed by atoms with van der Waals surface area (Å²) in [7, 11) is -2.05. The van der Waals surface area contributed by atoms with Crippen molar-refractivity contribution < 1.29 is 17.9 Å². The molecule has 0 aromatic heterocycles. The van der Waals surface area contributed by atoms with Crippen LogP contribution in [-0.4, -0.2) is 28.7 Å². The van der Waals surface area contributed by atoms with E-state index in [-0.39, 0.29) is 17.9 Å². The average molecular weight is 450 g/mol. The molecule has 5 rings (SSSR count). The summed E-state index contributed by atoms with van der Waals surface area (Å²) >= 11 is 0. The highest BCUT2D eigenvalue weighted by atomic mass is 32.2. The van der Waals surface area contributed by atoms with E-state index in [2.05, 4.69) is 6.07 Å². The van der Waals surface area contributed by atoms with Gasteiger partial charge < -0.3 is 9.47 Å². The van der Waals surface area contributed by atoms with E-state index in [1.165, 1.54) is 0 Å². The van der Waals surface area contributed by atoms with E-state index in [4.69, 9.17) is 9.47 Å². The Morgan fingerprint density at radius 1 is 0.969 bits per heavy atom. The molecular weight excluding hydrogens is 422 g/mol. The third-order valence-corrected chi connectivity index (χ3v) is 8.46. The Morgan fingerprint density at radius 2 is 1.69 bits per heavy atom. The molecule has 3 atom stereocenters. The molecule has 0 aliphatic carbocycles. The maximum absolute atomic E-state index is 13.7. The Balaban J connectivity index is 1.58. The van der Waals surface area contributed by atoms with Crippen molar-refractivity contribution in [1.29, 1.82) is 0 Å². The number of hydrogen-bond donors (Lipinski definition) is 0. The molecule has 0 bridgehead atoms. The summed E-state index contributed by atoms with van der Waals surface area (Å²) in [5, 5.41) is 0. The second-order valence-corrected chi connectivity index (χ2v) is 10.4. The van der Waals surface area contributed by atoms with Crippen LogP contribution in [0.15, 0.2) is 77.7 Å². The minimum Gasteiger partial charge on any atom is -0.497 e. The smallest absolute Gasteiger partial charge is 0.264 e. The highest BCUT2D eigenvalue weighted by Gasteiger charge is 2.44. The zero-order valence-electron chi connectivity index (χ0n) is 18.3. The van der Waals surface area contributed by atoms with Gasteiger partial charge in [0.1, 0.15) is 5.75 Å². The molecule has 0 radical (unpaired) electrons. The zero-order valence-corrected chi connectivity index (χ0v) is 19.1. The number of hydrogen-bond acceptors (Lipinski definition) is 4. The highest BCUT2D eigenvalue weighted by Crippen LogP contribution is 2.50. The number of methoxy groups -OCH3 is 1. The summed E-state index contributed by atoms with van der Waals surface area (Å²) in [6.45, 7) is 2.99. The van der Waals surface area contributed by atoms with Crippen LogP contribution in [0.2, 0.25) is 0 Å². The molecule has 1 saturated heterocycles. The van der Waals surface area contributed by atoms with Crippen molar-refractivity contribution in [2.75, 3.05) is 24.6 Å². The topological polar surface area (TPSA) is 55.8 Å². The number of ether oxygens (including phenoxy) is 2. The first-order chi connectivity index (χ1) is 15.5. The van der Waals surface area contributed by atoms with Crippen LogP contribution in [0.1, 0.15) is 35.1 Å². The van der Waals surface area contributed by atoms with Crippen molar-refractivity contribution in [2.24, 2.45) is 5.92 Å². The Labute approximate surface area is 189 Å². The molecule has 0 spiro atoms. The molecule has 2 aliphatic rings. The van der Waals surface area contributed by atoms with Gasteiger partial charge in [0.15, 0.2) is 0 Å². The number of rotatable bonds is 4. The van der Waals surface area contributed by atoms with Crippen LogP contribution in [-0.2, 0) is 14.8 Å². The third-order valence-electron chi connectivity index (χ3n) is 6.67. The summed E-state index contributed by atoms with van der Waals surface area (Å²) < 4.78 is 40.6. The van der Waals surface area contributed by atoms with E-state index >= 15 is 0 Å². The number of sulfonamides is 1. The molecule has 0 amide bonds. The summed E-state index contributed by atoms with van der Waals surface area (Å²) in [4.78, 5) is 0.314. The lowest BCUT2D eigenvalue weighted by atomic mass is 9.74. The summed E-state index contributed by atoms with van der Waals surface area (Å²) in [5.41, 5.74) is 3.95. The van der Waals surface area contributed by atoms with E-state index in [0.29, 0.717) is 18.0 Å². The maximum Gasteiger partial charge on any atom is 0.264 e. The third kappa shape index (κ3) is 3.57. The maximum atomic E-state index is 13.7. The molecule has 166 valence electrons. The van der Waals surface area contributed by atoms with E-state index < -0.39 is 10.0 Å². The normalized spacial score (nSPS) is 22.7. The number of fused-ring (bicyclic) bond motifs is 3. The first-order valence-corrected chi connectivity index (χ1v) is 12.4. The van der Waals surface area contributed by atoms with E-state index in [9.17, 15) is 8.42 Å². The predicted molar refractivity (Wildman–Crippen MR) is 125 cm³/mol. The van der Waals surface area contributed by atoms with Crippen molar-refractivity contribution in [1.82, 2.24) is 0 Å². The van der Waals surface area contributed by atoms with Gasteiger partial charge in [-0.15, -0.1) is 0 Å². The van der Waals surface area contributed by atoms with Crippen molar-refractivity contribution in [3.05, 3.63) is 89.5 Å². The van der Waals surface area contributed by atoms with Crippen LogP contribution in [0.5, 0.6) is 5.75 Å². The molecule has 0 N–H and O–H groups in total. The Bertz CT molecular complexity index is 1210. The molecule has 2 aliphatic heterocycles. The Morgan fingerprint density at radius 3 is 2.41 bits per heavy atom. The van der Waals surface area contributed by atoms with Gasteiger partial charge >= 0.3 is 0 Å². The van der Waals surface area contributed by atoms with Crippen molar-refractivity contribution >= 4 is 15.7 Å². The number of aryl methyl sites for hydroxylation is 1. The van der Waals surface area contributed by atoms with Crippen LogP contribution in [0.25, 0.3) is 0 Å². The summed E-state index contributed by atoms with van der Waals surface area (Å²) in [5.74, 6) is 1.06. The molecule has 5 nitrogen and oxygen atoms in total. The summed E-state index contributed by atoms with van der Waals surface area (Å²) in [6.07, 6.45) is 0.705. The van der Waals surface area contributed by atoms with Gasteiger partial charge in [0.25, 0.3) is 10.0 Å². The molecule has 0 saturated carbocycles. The number of para-hydroxylation sites is 1. The minimum absolute atomic E-state index is 0.0206. The first kappa shape index (κ1) is 21.0. The van der Waals surface area contributed by atoms with E-state index in [1.54, 1.807) is 23.5 Å². The van der Waals surface area contributed by atoms with Crippen molar-refractivity contribution in [3.63, 3.8) is 0 Å². The fourth-order valence-electron chi connectivity index (χ4n) is 5.00. The zero-order chi connectivity index (χ0) is 22.3. The fraction of sp³-hybridized carbons (Fsp3) is 0.308. The van der Waals surface area contributed by atoms with Gasteiger partial charge in [-0.05, 0) is 60.7 Å². The minimum atomic E-state index is -3.70. The summed E-state index contributed by atoms with van der Waals surface area (Å²) in [6, 6.07) is 22.9. The molecule has 3 unspecified atom stereocenters. The van der Waals surface area contributed by atoms with Gasteiger partial charge in [0.05, 0.1) is 23.8 Å². The first-order valence-electron chi connectivity index (χ1n) is 10.9. The number of anilines is 1. The van der Waals surface area contributed by atoms with Gasteiger partial charge in [-0.3, -0.25) is 4.31 Å². The lowest BCUT2D eigenvalue weighted by Crippen LogP contribution is -2.46. The molecule has 3 aromatic rings. The Hall–Kier alpha value is -2.83. The van der Waals surface area contributed by atoms with Crippen LogP contribution < -0.4 is 9.04 Å². The van der Waals surface area contributed by atoms with Crippen molar-refractivity contribution in [3.8, 4) is 5.75 Å². The van der Waals surface area contributed by atoms with Gasteiger partial charge in [0.2, 0.25) is 0 Å². The number of nitrogens with zero attached hydrogens (tertiary/aromatic N) is 1. The van der Waals surface area contributed by atoms with Crippen LogP contribution in [0, 0.1) is 12.8 Å². The van der Waals surface area contributed by atoms with Gasteiger partial charge in [-0.25, -0.2) is 8.42 Å². The molecule has 32 heavy (non-hydrogen) atoms. The number of benzene rings is 3. The predicted octanol–water partition coefficient (Wildman–Crippen LogP) is 5.07. The van der Waals surface area contributed by atoms with Crippen LogP contribution in [0.4, 0.5) is 5.69 Å². The van der Waals surface area contributed by atoms with E-state index in [0.717, 1.165) is 34.5 Å². The van der Waals surface area contributed by atoms with Gasteiger partial charge in [-0.1, -0.05) is 48.0 Å². The van der Waals surface area contributed by atoms with E-state index in [1.807, 2.05) is 61.5 Å². The van der Waals surface area contributed by atoms with Crippen LogP contribution in [0.3, 0.4) is 0 Å². The van der Waals surface area contributed by atoms with Crippen LogP contribution >= 0.6 is 0 Å². The monoisotopic (exact) mass is 449 g/mol. The quantitative estimate of drug-likeness (QED) is 0.558. The standard InChI is InChI=1S/C26H27NO4S/c1-18-7-13-21(14-8-18)32(28,29)27-17-24-22(23-5-3-4-6-25(23)27)15-16-31-26(24)19-9-11-20(30-2)12-10-19/h3-14,22,24,26H,15-17H2,1-2H3. The van der Waals surface area contributed by atoms with Crippen molar-refractivity contribution in [2.45, 2.75) is 30.3 Å². The van der Waals surface area contributed by atoms with Gasteiger partial charge in [0, 0.05) is 19.1 Å².